The highest BCUT2D eigenvalue weighted by atomic mass is 32.2. The number of rotatable bonds is 9. The zero-order valence-corrected chi connectivity index (χ0v) is 22.1. The lowest BCUT2D eigenvalue weighted by molar-refractivity contribution is -0.138. The van der Waals surface area contributed by atoms with Crippen molar-refractivity contribution in [2.75, 3.05) is 0 Å². The minimum atomic E-state index is -5.20. The maximum absolute atomic E-state index is 14.4. The summed E-state index contributed by atoms with van der Waals surface area (Å²) in [5.74, 6) is -2.14. The van der Waals surface area contributed by atoms with Gasteiger partial charge in [-0.2, -0.15) is 44.8 Å². The van der Waals surface area contributed by atoms with E-state index in [4.69, 9.17) is 0 Å². The van der Waals surface area contributed by atoms with E-state index in [9.17, 15) is 58.4 Å². The lowest BCUT2D eigenvalue weighted by Crippen LogP contribution is -2.30. The lowest BCUT2D eigenvalue weighted by atomic mass is 10.1. The van der Waals surface area contributed by atoms with Crippen LogP contribution in [0.25, 0.3) is 4.91 Å². The van der Waals surface area contributed by atoms with Crippen molar-refractivity contribution in [3.8, 4) is 6.07 Å². The van der Waals surface area contributed by atoms with Crippen LogP contribution in [0.15, 0.2) is 70.4 Å². The summed E-state index contributed by atoms with van der Waals surface area (Å²) in [5.41, 5.74) is -8.41. The number of benzene rings is 1. The van der Waals surface area contributed by atoms with Crippen LogP contribution in [0, 0.1) is 23.0 Å². The molecule has 0 aliphatic heterocycles. The highest BCUT2D eigenvalue weighted by Crippen LogP contribution is 2.37. The minimum Gasteiger partial charge on any atom is -0.302 e. The van der Waals surface area contributed by atoms with E-state index in [0.29, 0.717) is 41.5 Å². The molecule has 226 valence electrons. The van der Waals surface area contributed by atoms with Gasteiger partial charge in [0.1, 0.15) is 23.3 Å². The van der Waals surface area contributed by atoms with Gasteiger partial charge >= 0.3 is 18.5 Å². The fraction of sp³-hybridized carbons (Fsp3) is 0.259. The van der Waals surface area contributed by atoms with E-state index in [-0.39, 0.29) is 23.0 Å². The van der Waals surface area contributed by atoms with Crippen molar-refractivity contribution >= 4 is 16.7 Å². The monoisotopic (exact) mass is 628 g/mol. The number of unbranched alkanes of at least 4 members (excludes halogenated alkanes) is 1. The van der Waals surface area contributed by atoms with Crippen LogP contribution in [-0.4, -0.2) is 16.9 Å². The maximum Gasteiger partial charge on any atom is 0.417 e. The Labute approximate surface area is 235 Å². The number of hydrogen-bond donors (Lipinski definition) is 0. The SMILES string of the molecule is C=CS/C(=C\CC/C=C(\C=C(/C)C(F)(F)F)C(F)(F)F)c1cc(C(F)(F)F)c(C#N)c(=O)n1Cc1ccc(F)cc1F. The highest BCUT2D eigenvalue weighted by Gasteiger charge is 2.37. The summed E-state index contributed by atoms with van der Waals surface area (Å²) in [6.45, 7) is 3.11. The van der Waals surface area contributed by atoms with Gasteiger partial charge in [0.05, 0.1) is 23.4 Å². The summed E-state index contributed by atoms with van der Waals surface area (Å²) < 4.78 is 148. The fourth-order valence-corrected chi connectivity index (χ4v) is 4.17. The molecular formula is C27H19F11N2OS. The van der Waals surface area contributed by atoms with Gasteiger partial charge in [0.2, 0.25) is 0 Å². The second-order valence-corrected chi connectivity index (χ2v) is 9.48. The number of nitrogens with zero attached hydrogens (tertiary/aromatic N) is 2. The van der Waals surface area contributed by atoms with Crippen molar-refractivity contribution in [3.05, 3.63) is 110 Å². The zero-order valence-electron chi connectivity index (χ0n) is 21.3. The first-order valence-corrected chi connectivity index (χ1v) is 12.4. The van der Waals surface area contributed by atoms with E-state index >= 15 is 0 Å². The molecule has 0 N–H and O–H groups in total. The number of allylic oxidation sites excluding steroid dienone is 5. The Morgan fingerprint density at radius 3 is 2.12 bits per heavy atom. The fourth-order valence-electron chi connectivity index (χ4n) is 3.49. The normalized spacial score (nSPS) is 13.7. The summed E-state index contributed by atoms with van der Waals surface area (Å²) >= 11 is 0.638. The molecule has 1 aromatic carbocycles. The third-order valence-corrected chi connectivity index (χ3v) is 6.33. The quantitative estimate of drug-likeness (QED) is 0.158. The molecule has 0 amide bonds. The Bertz CT molecular complexity index is 1520. The maximum atomic E-state index is 14.4. The molecule has 0 radical (unpaired) electrons. The van der Waals surface area contributed by atoms with E-state index in [1.165, 1.54) is 6.07 Å². The Morgan fingerprint density at radius 1 is 1.00 bits per heavy atom. The lowest BCUT2D eigenvalue weighted by Gasteiger charge is -2.19. The molecule has 15 heteroatoms. The van der Waals surface area contributed by atoms with Gasteiger partial charge in [0, 0.05) is 22.1 Å². The molecule has 42 heavy (non-hydrogen) atoms. The van der Waals surface area contributed by atoms with Crippen LogP contribution in [0.3, 0.4) is 0 Å². The van der Waals surface area contributed by atoms with Crippen molar-refractivity contribution in [1.82, 2.24) is 4.57 Å². The summed E-state index contributed by atoms with van der Waals surface area (Å²) in [4.78, 5) is 12.9. The Kier molecular flexibility index (Phi) is 11.0. The molecule has 0 aliphatic carbocycles. The van der Waals surface area contributed by atoms with Crippen molar-refractivity contribution in [2.24, 2.45) is 0 Å². The standard InChI is InChI=1S/C27H19F11N2OS/c1-3-42-23(7-5-4-6-17(26(33,34)35)10-15(2)25(30,31)32)22-12-20(27(36,37)38)19(13-39)24(41)40(22)14-16-8-9-18(28)11-21(16)29/h3,6-12H,1,4-5,14H2,2H3/b15-10+,17-6+,23-7-. The Balaban J connectivity index is 2.70. The average molecular weight is 629 g/mol. The average Bonchev–Trinajstić information content (AvgIpc) is 2.85. The summed E-state index contributed by atoms with van der Waals surface area (Å²) in [6.07, 6.45) is -14.8. The van der Waals surface area contributed by atoms with E-state index in [1.54, 1.807) is 0 Å². The molecule has 1 heterocycles. The van der Waals surface area contributed by atoms with Crippen LogP contribution in [0.4, 0.5) is 48.3 Å². The first-order chi connectivity index (χ1) is 19.3. The van der Waals surface area contributed by atoms with Crippen LogP contribution in [0.1, 0.15) is 42.1 Å². The van der Waals surface area contributed by atoms with Crippen molar-refractivity contribution in [3.63, 3.8) is 0 Å². The van der Waals surface area contributed by atoms with Crippen LogP contribution < -0.4 is 5.56 Å². The molecule has 0 atom stereocenters. The van der Waals surface area contributed by atoms with E-state index < -0.39 is 76.7 Å². The first kappa shape index (κ1) is 34.4. The van der Waals surface area contributed by atoms with Crippen molar-refractivity contribution < 1.29 is 48.3 Å². The molecule has 0 spiro atoms. The molecule has 0 aliphatic rings. The topological polar surface area (TPSA) is 45.8 Å². The van der Waals surface area contributed by atoms with Gasteiger partial charge in [0.15, 0.2) is 0 Å². The molecule has 1 aromatic heterocycles. The van der Waals surface area contributed by atoms with Gasteiger partial charge in [-0.15, -0.1) is 0 Å². The molecule has 0 unspecified atom stereocenters. The molecule has 3 nitrogen and oxygen atoms in total. The predicted molar refractivity (Wildman–Crippen MR) is 135 cm³/mol. The number of halogens is 11. The number of aromatic nitrogens is 1. The third kappa shape index (κ3) is 8.85. The first-order valence-electron chi connectivity index (χ1n) is 11.5. The van der Waals surface area contributed by atoms with Crippen molar-refractivity contribution in [2.45, 2.75) is 44.8 Å². The van der Waals surface area contributed by atoms with Crippen LogP contribution in [0.2, 0.25) is 0 Å². The summed E-state index contributed by atoms with van der Waals surface area (Å²) in [5, 5.41) is 10.4. The van der Waals surface area contributed by atoms with Gasteiger partial charge in [-0.1, -0.05) is 36.6 Å². The second-order valence-electron chi connectivity index (χ2n) is 8.47. The second kappa shape index (κ2) is 13.5. The van der Waals surface area contributed by atoms with Crippen LogP contribution >= 0.6 is 11.8 Å². The smallest absolute Gasteiger partial charge is 0.302 e. The van der Waals surface area contributed by atoms with Crippen LogP contribution in [-0.2, 0) is 12.7 Å². The Hall–Kier alpha value is -3.80. The highest BCUT2D eigenvalue weighted by molar-refractivity contribution is 8.10. The van der Waals surface area contributed by atoms with E-state index in [2.05, 4.69) is 6.58 Å². The molecule has 0 saturated carbocycles. The molecule has 0 fully saturated rings. The van der Waals surface area contributed by atoms with Gasteiger partial charge in [-0.05, 0) is 43.4 Å². The third-order valence-electron chi connectivity index (χ3n) is 5.53. The Morgan fingerprint density at radius 2 is 1.62 bits per heavy atom. The number of alkyl halides is 9. The molecule has 0 bridgehead atoms. The molecule has 0 saturated heterocycles. The number of thioether (sulfide) groups is 1. The summed E-state index contributed by atoms with van der Waals surface area (Å²) in [7, 11) is 0. The number of pyridine rings is 1. The predicted octanol–water partition coefficient (Wildman–Crippen LogP) is 9.06. The van der Waals surface area contributed by atoms with Gasteiger partial charge in [-0.25, -0.2) is 8.78 Å². The van der Waals surface area contributed by atoms with E-state index in [0.717, 1.165) is 23.6 Å². The molecule has 2 rings (SSSR count). The van der Waals surface area contributed by atoms with Gasteiger partial charge < -0.3 is 4.57 Å². The minimum absolute atomic E-state index is 0.0890. The number of hydrogen-bond acceptors (Lipinski definition) is 3. The van der Waals surface area contributed by atoms with Crippen molar-refractivity contribution in [1.29, 1.82) is 5.26 Å². The molecule has 2 aromatic rings. The molecular weight excluding hydrogens is 609 g/mol. The zero-order chi connectivity index (χ0) is 32.0. The summed E-state index contributed by atoms with van der Waals surface area (Å²) in [6, 6.07) is 3.81. The van der Waals surface area contributed by atoms with Crippen LogP contribution in [0.5, 0.6) is 0 Å². The van der Waals surface area contributed by atoms with Gasteiger partial charge in [0.25, 0.3) is 5.56 Å². The van der Waals surface area contributed by atoms with Gasteiger partial charge in [-0.3, -0.25) is 4.79 Å². The van der Waals surface area contributed by atoms with E-state index in [1.807, 2.05) is 0 Å². The largest absolute Gasteiger partial charge is 0.417 e. The number of nitriles is 1.